The van der Waals surface area contributed by atoms with Gasteiger partial charge in [-0.25, -0.2) is 9.59 Å². The van der Waals surface area contributed by atoms with Crippen LogP contribution in [0, 0.1) is 17.8 Å². The number of benzene rings is 1. The maximum absolute atomic E-state index is 12.4. The van der Waals surface area contributed by atoms with E-state index in [1.54, 1.807) is 31.2 Å². The molecule has 0 saturated heterocycles. The van der Waals surface area contributed by atoms with E-state index in [4.69, 9.17) is 9.47 Å². The van der Waals surface area contributed by atoms with Gasteiger partial charge in [0.25, 0.3) is 0 Å². The molecule has 0 radical (unpaired) electrons. The quantitative estimate of drug-likeness (QED) is 0.373. The minimum Gasteiger partial charge on any atom is -0.462 e. The molecule has 7 nitrogen and oxygen atoms in total. The number of nitrogens with one attached hydrogen (secondary N) is 2. The predicted octanol–water partition coefficient (Wildman–Crippen LogP) is 3.82. The number of esters is 2. The molecule has 168 valence electrons. The van der Waals surface area contributed by atoms with Crippen LogP contribution in [0.3, 0.4) is 0 Å². The Morgan fingerprint density at radius 2 is 1.61 bits per heavy atom. The number of hydrogen-bond donors (Lipinski definition) is 2. The predicted molar refractivity (Wildman–Crippen MR) is 115 cm³/mol. The summed E-state index contributed by atoms with van der Waals surface area (Å²) in [6.07, 6.45) is 8.10. The van der Waals surface area contributed by atoms with E-state index in [2.05, 4.69) is 10.6 Å². The van der Waals surface area contributed by atoms with Gasteiger partial charge in [-0.2, -0.15) is 0 Å². The summed E-state index contributed by atoms with van der Waals surface area (Å²) in [7, 11) is 0. The van der Waals surface area contributed by atoms with Crippen LogP contribution < -0.4 is 15.4 Å². The number of rotatable bonds is 8. The van der Waals surface area contributed by atoms with E-state index in [1.807, 2.05) is 0 Å². The van der Waals surface area contributed by atoms with Crippen LogP contribution in [0.1, 0.15) is 68.6 Å². The van der Waals surface area contributed by atoms with Gasteiger partial charge in [0.1, 0.15) is 5.75 Å². The number of amides is 2. The van der Waals surface area contributed by atoms with Gasteiger partial charge in [-0.3, -0.25) is 4.79 Å². The molecule has 4 aliphatic carbocycles. The van der Waals surface area contributed by atoms with Crippen molar-refractivity contribution in [3.63, 3.8) is 0 Å². The minimum absolute atomic E-state index is 0.00647. The second kappa shape index (κ2) is 9.28. The van der Waals surface area contributed by atoms with Crippen LogP contribution in [-0.4, -0.2) is 36.7 Å². The smallest absolute Gasteiger partial charge is 0.338 e. The first-order valence-electron chi connectivity index (χ1n) is 11.5. The Balaban J connectivity index is 1.14. The molecule has 4 fully saturated rings. The van der Waals surface area contributed by atoms with Gasteiger partial charge in [0.05, 0.1) is 12.2 Å². The Bertz CT molecular complexity index is 784. The number of carbonyl (C=O) groups is 3. The molecule has 0 aliphatic heterocycles. The summed E-state index contributed by atoms with van der Waals surface area (Å²) in [5.74, 6) is 1.96. The van der Waals surface area contributed by atoms with E-state index in [1.165, 1.54) is 19.3 Å². The Kier molecular flexibility index (Phi) is 6.49. The standard InChI is InChI=1S/C24H32N2O5/c1-2-30-22(28)19-5-7-20(8-6-19)31-21(27)4-3-9-25-23(29)26-24-13-16-10-17(14-24)12-18(11-16)15-24/h5-8,16-18H,2-4,9-15H2,1H3,(H2,25,26,29). The summed E-state index contributed by atoms with van der Waals surface area (Å²) >= 11 is 0. The zero-order chi connectivity index (χ0) is 21.8. The van der Waals surface area contributed by atoms with Gasteiger partial charge in [-0.1, -0.05) is 0 Å². The summed E-state index contributed by atoms with van der Waals surface area (Å²) in [6.45, 7) is 2.48. The van der Waals surface area contributed by atoms with Crippen molar-refractivity contribution in [1.82, 2.24) is 10.6 Å². The normalized spacial score (nSPS) is 28.1. The van der Waals surface area contributed by atoms with Crippen LogP contribution in [0.5, 0.6) is 5.75 Å². The van der Waals surface area contributed by atoms with Crippen molar-refractivity contribution in [2.45, 2.75) is 63.8 Å². The number of hydrogen-bond acceptors (Lipinski definition) is 5. The third-order valence-corrected chi connectivity index (χ3v) is 6.86. The Morgan fingerprint density at radius 3 is 2.19 bits per heavy atom. The number of urea groups is 1. The third kappa shape index (κ3) is 5.38. The van der Waals surface area contributed by atoms with Crippen molar-refractivity contribution in [3.8, 4) is 5.75 Å². The highest BCUT2D eigenvalue weighted by Crippen LogP contribution is 2.55. The van der Waals surface area contributed by atoms with Crippen molar-refractivity contribution in [2.24, 2.45) is 17.8 Å². The molecule has 0 aromatic heterocycles. The Labute approximate surface area is 183 Å². The number of carbonyl (C=O) groups excluding carboxylic acids is 3. The third-order valence-electron chi connectivity index (χ3n) is 6.86. The molecule has 4 saturated carbocycles. The molecule has 7 heteroatoms. The topological polar surface area (TPSA) is 93.7 Å². The zero-order valence-corrected chi connectivity index (χ0v) is 18.2. The van der Waals surface area contributed by atoms with Gasteiger partial charge >= 0.3 is 18.0 Å². The monoisotopic (exact) mass is 428 g/mol. The molecule has 0 unspecified atom stereocenters. The molecule has 4 bridgehead atoms. The maximum Gasteiger partial charge on any atom is 0.338 e. The van der Waals surface area contributed by atoms with E-state index in [0.29, 0.717) is 30.9 Å². The fraction of sp³-hybridized carbons (Fsp3) is 0.625. The van der Waals surface area contributed by atoms with Gasteiger partial charge < -0.3 is 20.1 Å². The molecular weight excluding hydrogens is 396 g/mol. The van der Waals surface area contributed by atoms with Gasteiger partial charge in [0.2, 0.25) is 0 Å². The minimum atomic E-state index is -0.404. The van der Waals surface area contributed by atoms with Crippen LogP contribution in [0.2, 0.25) is 0 Å². The lowest BCUT2D eigenvalue weighted by atomic mass is 9.53. The molecule has 0 spiro atoms. The molecule has 31 heavy (non-hydrogen) atoms. The highest BCUT2D eigenvalue weighted by atomic mass is 16.5. The molecule has 0 heterocycles. The van der Waals surface area contributed by atoms with E-state index >= 15 is 0 Å². The summed E-state index contributed by atoms with van der Waals surface area (Å²) in [4.78, 5) is 36.1. The highest BCUT2D eigenvalue weighted by Gasteiger charge is 2.51. The first kappa shape index (κ1) is 21.7. The van der Waals surface area contributed by atoms with Gasteiger partial charge in [-0.05, 0) is 93.9 Å². The van der Waals surface area contributed by atoms with Crippen molar-refractivity contribution in [1.29, 1.82) is 0 Å². The van der Waals surface area contributed by atoms with Gasteiger partial charge in [0, 0.05) is 18.5 Å². The fourth-order valence-electron chi connectivity index (χ4n) is 6.04. The van der Waals surface area contributed by atoms with Crippen molar-refractivity contribution >= 4 is 18.0 Å². The Hall–Kier alpha value is -2.57. The van der Waals surface area contributed by atoms with E-state index < -0.39 is 5.97 Å². The summed E-state index contributed by atoms with van der Waals surface area (Å²) < 4.78 is 10.2. The second-order valence-corrected chi connectivity index (χ2v) is 9.40. The molecule has 2 N–H and O–H groups in total. The average molecular weight is 429 g/mol. The van der Waals surface area contributed by atoms with Crippen LogP contribution in [0.4, 0.5) is 4.79 Å². The van der Waals surface area contributed by atoms with E-state index in [9.17, 15) is 14.4 Å². The first-order chi connectivity index (χ1) is 14.9. The molecule has 4 aliphatic rings. The van der Waals surface area contributed by atoms with E-state index in [-0.39, 0.29) is 24.0 Å². The van der Waals surface area contributed by atoms with E-state index in [0.717, 1.165) is 37.0 Å². The molecule has 2 amide bonds. The second-order valence-electron chi connectivity index (χ2n) is 9.40. The average Bonchev–Trinajstić information content (AvgIpc) is 2.70. The summed E-state index contributed by atoms with van der Waals surface area (Å²) in [6, 6.07) is 6.15. The largest absolute Gasteiger partial charge is 0.462 e. The molecule has 0 atom stereocenters. The summed E-state index contributed by atoms with van der Waals surface area (Å²) in [5, 5.41) is 6.17. The first-order valence-corrected chi connectivity index (χ1v) is 11.5. The molecule has 1 aromatic carbocycles. The van der Waals surface area contributed by atoms with Crippen LogP contribution in [0.25, 0.3) is 0 Å². The van der Waals surface area contributed by atoms with Crippen molar-refractivity contribution in [2.75, 3.05) is 13.2 Å². The molecule has 5 rings (SSSR count). The highest BCUT2D eigenvalue weighted by molar-refractivity contribution is 5.89. The van der Waals surface area contributed by atoms with Crippen LogP contribution in [0.15, 0.2) is 24.3 Å². The van der Waals surface area contributed by atoms with Crippen LogP contribution in [-0.2, 0) is 9.53 Å². The number of ether oxygens (including phenoxy) is 2. The zero-order valence-electron chi connectivity index (χ0n) is 18.2. The van der Waals surface area contributed by atoms with Crippen molar-refractivity contribution in [3.05, 3.63) is 29.8 Å². The van der Waals surface area contributed by atoms with Crippen LogP contribution >= 0.6 is 0 Å². The Morgan fingerprint density at radius 1 is 1.00 bits per heavy atom. The fourth-order valence-corrected chi connectivity index (χ4v) is 6.04. The molecular formula is C24H32N2O5. The maximum atomic E-state index is 12.4. The summed E-state index contributed by atoms with van der Waals surface area (Å²) in [5.41, 5.74) is 0.406. The van der Waals surface area contributed by atoms with Crippen molar-refractivity contribution < 1.29 is 23.9 Å². The lowest BCUT2D eigenvalue weighted by Crippen LogP contribution is -2.61. The SMILES string of the molecule is CCOC(=O)c1ccc(OC(=O)CCCNC(=O)NC23CC4CC(CC(C4)C2)C3)cc1. The molecule has 1 aromatic rings. The van der Waals surface area contributed by atoms with Gasteiger partial charge in [-0.15, -0.1) is 0 Å². The van der Waals surface area contributed by atoms with Gasteiger partial charge in [0.15, 0.2) is 0 Å². The lowest BCUT2D eigenvalue weighted by molar-refractivity contribution is -0.134. The lowest BCUT2D eigenvalue weighted by Gasteiger charge is -2.56.